The summed E-state index contributed by atoms with van der Waals surface area (Å²) in [6.45, 7) is 0. The summed E-state index contributed by atoms with van der Waals surface area (Å²) in [5.41, 5.74) is 7.27. The van der Waals surface area contributed by atoms with Crippen molar-refractivity contribution in [1.29, 1.82) is 0 Å². The van der Waals surface area contributed by atoms with E-state index in [0.29, 0.717) is 5.56 Å². The van der Waals surface area contributed by atoms with Crippen molar-refractivity contribution in [2.24, 2.45) is 5.73 Å². The minimum Gasteiger partial charge on any atom is -0.471 e. The lowest BCUT2D eigenvalue weighted by Gasteiger charge is -1.98. The number of carbonyl (C=O) groups excluding carboxylic acids is 1. The Bertz CT molecular complexity index is 445. The Morgan fingerprint density at radius 2 is 1.86 bits per heavy atom. The lowest BCUT2D eigenvalue weighted by Crippen LogP contribution is -2.10. The van der Waals surface area contributed by atoms with Gasteiger partial charge in [-0.05, 0) is 5.56 Å². The molecule has 1 aromatic heterocycles. The van der Waals surface area contributed by atoms with Crippen LogP contribution < -0.4 is 5.73 Å². The molecule has 0 saturated heterocycles. The fourth-order valence-corrected chi connectivity index (χ4v) is 1.33. The van der Waals surface area contributed by atoms with E-state index in [0.717, 1.165) is 11.1 Å². The molecule has 70 valence electrons. The number of rotatable bonds is 2. The van der Waals surface area contributed by atoms with Gasteiger partial charge < -0.3 is 10.2 Å². The van der Waals surface area contributed by atoms with Crippen molar-refractivity contribution in [3.8, 4) is 11.1 Å². The Labute approximate surface area is 81.1 Å². The molecule has 0 atom stereocenters. The first-order chi connectivity index (χ1) is 6.79. The highest BCUT2D eigenvalue weighted by molar-refractivity contribution is 5.99. The topological polar surface area (TPSA) is 56.2 Å². The third-order valence-electron chi connectivity index (χ3n) is 2.01. The van der Waals surface area contributed by atoms with Gasteiger partial charge in [0.25, 0.3) is 5.91 Å². The Balaban J connectivity index is 2.52. The number of nitrogens with two attached hydrogens (primary N) is 1. The van der Waals surface area contributed by atoms with E-state index in [4.69, 9.17) is 10.2 Å². The normalized spacial score (nSPS) is 10.0. The third kappa shape index (κ3) is 1.40. The Kier molecular flexibility index (Phi) is 2.07. The number of carbonyl (C=O) groups is 1. The largest absolute Gasteiger partial charge is 0.471 e. The molecule has 1 amide bonds. The van der Waals surface area contributed by atoms with E-state index in [1.54, 1.807) is 0 Å². The highest BCUT2D eigenvalue weighted by Crippen LogP contribution is 2.23. The molecule has 0 fully saturated rings. The summed E-state index contributed by atoms with van der Waals surface area (Å²) in [6, 6.07) is 9.50. The van der Waals surface area contributed by atoms with Crippen LogP contribution in [-0.2, 0) is 0 Å². The predicted octanol–water partition coefficient (Wildman–Crippen LogP) is 2.05. The van der Waals surface area contributed by atoms with Crippen LogP contribution in [0.3, 0.4) is 0 Å². The van der Waals surface area contributed by atoms with Gasteiger partial charge in [0, 0.05) is 5.56 Å². The zero-order valence-corrected chi connectivity index (χ0v) is 7.44. The Morgan fingerprint density at radius 1 is 1.14 bits per heavy atom. The van der Waals surface area contributed by atoms with Crippen LogP contribution in [0.15, 0.2) is 47.3 Å². The number of hydrogen-bond donors (Lipinski definition) is 1. The molecule has 1 heterocycles. The maximum Gasteiger partial charge on any atom is 0.252 e. The molecular weight excluding hydrogens is 178 g/mol. The molecule has 2 N–H and O–H groups in total. The van der Waals surface area contributed by atoms with E-state index in [-0.39, 0.29) is 0 Å². The monoisotopic (exact) mass is 187 g/mol. The average molecular weight is 187 g/mol. The van der Waals surface area contributed by atoms with Crippen LogP contribution in [0.2, 0.25) is 0 Å². The fraction of sp³-hybridized carbons (Fsp3) is 0. The van der Waals surface area contributed by atoms with E-state index in [1.165, 1.54) is 12.5 Å². The van der Waals surface area contributed by atoms with Gasteiger partial charge in [0.2, 0.25) is 0 Å². The third-order valence-corrected chi connectivity index (χ3v) is 2.01. The second-order valence-corrected chi connectivity index (χ2v) is 2.93. The molecule has 14 heavy (non-hydrogen) atoms. The lowest BCUT2D eigenvalue weighted by molar-refractivity contribution is 0.100. The molecular formula is C11H9NO2. The van der Waals surface area contributed by atoms with Crippen LogP contribution in [0.5, 0.6) is 0 Å². The molecule has 0 aliphatic rings. The summed E-state index contributed by atoms with van der Waals surface area (Å²) in [5.74, 6) is -0.474. The number of benzene rings is 1. The second-order valence-electron chi connectivity index (χ2n) is 2.93. The first kappa shape index (κ1) is 8.56. The molecule has 3 nitrogen and oxygen atoms in total. The number of hydrogen-bond acceptors (Lipinski definition) is 2. The highest BCUT2D eigenvalue weighted by atomic mass is 16.3. The van der Waals surface area contributed by atoms with Gasteiger partial charge in [-0.2, -0.15) is 0 Å². The average Bonchev–Trinajstić information content (AvgIpc) is 2.67. The Morgan fingerprint density at radius 3 is 2.50 bits per heavy atom. The van der Waals surface area contributed by atoms with Gasteiger partial charge in [0.05, 0.1) is 11.8 Å². The van der Waals surface area contributed by atoms with Crippen molar-refractivity contribution >= 4 is 5.91 Å². The minimum absolute atomic E-state index is 0.413. The van der Waals surface area contributed by atoms with Gasteiger partial charge in [0.1, 0.15) is 6.26 Å². The molecule has 3 heteroatoms. The zero-order valence-electron chi connectivity index (χ0n) is 7.44. The molecule has 0 aliphatic carbocycles. The quantitative estimate of drug-likeness (QED) is 0.782. The van der Waals surface area contributed by atoms with Crippen LogP contribution >= 0.6 is 0 Å². The van der Waals surface area contributed by atoms with Crippen LogP contribution in [-0.4, -0.2) is 5.91 Å². The van der Waals surface area contributed by atoms with Crippen LogP contribution in [0, 0.1) is 0 Å². The molecule has 0 radical (unpaired) electrons. The van der Waals surface area contributed by atoms with Crippen molar-refractivity contribution in [3.63, 3.8) is 0 Å². The molecule has 0 saturated carbocycles. The first-order valence-electron chi connectivity index (χ1n) is 4.20. The standard InChI is InChI=1S/C11H9NO2/c12-11(13)10-7-14-6-9(10)8-4-2-1-3-5-8/h1-7H,(H2,12,13). The van der Waals surface area contributed by atoms with Crippen molar-refractivity contribution in [1.82, 2.24) is 0 Å². The summed E-state index contributed by atoms with van der Waals surface area (Å²) in [5, 5.41) is 0. The van der Waals surface area contributed by atoms with Crippen molar-refractivity contribution in [2.45, 2.75) is 0 Å². The smallest absolute Gasteiger partial charge is 0.252 e. The summed E-state index contributed by atoms with van der Waals surface area (Å²) in [4.78, 5) is 11.0. The summed E-state index contributed by atoms with van der Waals surface area (Å²) < 4.78 is 4.96. The summed E-state index contributed by atoms with van der Waals surface area (Å²) >= 11 is 0. The van der Waals surface area contributed by atoms with E-state index in [1.807, 2.05) is 30.3 Å². The van der Waals surface area contributed by atoms with Gasteiger partial charge >= 0.3 is 0 Å². The van der Waals surface area contributed by atoms with E-state index >= 15 is 0 Å². The number of primary amides is 1. The maximum absolute atomic E-state index is 11.0. The van der Waals surface area contributed by atoms with Gasteiger partial charge in [-0.15, -0.1) is 0 Å². The fourth-order valence-electron chi connectivity index (χ4n) is 1.33. The lowest BCUT2D eigenvalue weighted by atomic mass is 10.0. The second kappa shape index (κ2) is 3.38. The van der Waals surface area contributed by atoms with Gasteiger partial charge in [0.15, 0.2) is 0 Å². The molecule has 1 aromatic carbocycles. The predicted molar refractivity (Wildman–Crippen MR) is 52.7 cm³/mol. The minimum atomic E-state index is -0.474. The van der Waals surface area contributed by atoms with E-state index in [9.17, 15) is 4.79 Å². The van der Waals surface area contributed by atoms with Gasteiger partial charge in [-0.25, -0.2) is 0 Å². The molecule has 2 rings (SSSR count). The van der Waals surface area contributed by atoms with Crippen molar-refractivity contribution < 1.29 is 9.21 Å². The van der Waals surface area contributed by atoms with Gasteiger partial charge in [-0.1, -0.05) is 30.3 Å². The van der Waals surface area contributed by atoms with E-state index in [2.05, 4.69) is 0 Å². The van der Waals surface area contributed by atoms with Gasteiger partial charge in [-0.3, -0.25) is 4.79 Å². The number of amides is 1. The molecule has 2 aromatic rings. The molecule has 0 bridgehead atoms. The number of furan rings is 1. The van der Waals surface area contributed by atoms with Crippen LogP contribution in [0.4, 0.5) is 0 Å². The first-order valence-corrected chi connectivity index (χ1v) is 4.20. The Hall–Kier alpha value is -2.03. The molecule has 0 aliphatic heterocycles. The van der Waals surface area contributed by atoms with Crippen LogP contribution in [0.1, 0.15) is 10.4 Å². The highest BCUT2D eigenvalue weighted by Gasteiger charge is 2.11. The zero-order chi connectivity index (χ0) is 9.97. The van der Waals surface area contributed by atoms with Crippen molar-refractivity contribution in [3.05, 3.63) is 48.4 Å². The van der Waals surface area contributed by atoms with Crippen LogP contribution in [0.25, 0.3) is 11.1 Å². The molecule has 0 spiro atoms. The molecule has 0 unspecified atom stereocenters. The summed E-state index contributed by atoms with van der Waals surface area (Å²) in [6.07, 6.45) is 2.89. The van der Waals surface area contributed by atoms with E-state index < -0.39 is 5.91 Å². The maximum atomic E-state index is 11.0. The SMILES string of the molecule is NC(=O)c1cocc1-c1ccccc1. The van der Waals surface area contributed by atoms with Crippen molar-refractivity contribution in [2.75, 3.05) is 0 Å². The summed E-state index contributed by atoms with van der Waals surface area (Å²) in [7, 11) is 0.